The standard InChI is InChI=1S/C22H14O/c23-22-7-3-6-16-10-19-11-17-8-14-4-1-2-5-15(14)9-18(17)12-20(19)13-21(16)22/h1-6,8-13H,7H2. The van der Waals surface area contributed by atoms with Crippen molar-refractivity contribution in [2.24, 2.45) is 0 Å². The molecule has 4 aromatic carbocycles. The Kier molecular flexibility index (Phi) is 2.48. The Labute approximate surface area is 133 Å². The third-order valence-corrected chi connectivity index (χ3v) is 4.73. The van der Waals surface area contributed by atoms with Crippen molar-refractivity contribution in [3.05, 3.63) is 77.9 Å². The zero-order valence-corrected chi connectivity index (χ0v) is 12.5. The van der Waals surface area contributed by atoms with Crippen LogP contribution in [-0.2, 0) is 0 Å². The molecule has 1 nitrogen and oxygen atoms in total. The number of rotatable bonds is 0. The molecule has 0 aliphatic heterocycles. The fourth-order valence-corrected chi connectivity index (χ4v) is 3.54. The third kappa shape index (κ3) is 1.90. The van der Waals surface area contributed by atoms with Crippen LogP contribution >= 0.6 is 0 Å². The maximum atomic E-state index is 12.1. The molecular weight excluding hydrogens is 280 g/mol. The average Bonchev–Trinajstić information content (AvgIpc) is 2.57. The van der Waals surface area contributed by atoms with Crippen molar-refractivity contribution >= 4 is 44.2 Å². The monoisotopic (exact) mass is 294 g/mol. The maximum Gasteiger partial charge on any atom is 0.167 e. The molecule has 1 aliphatic rings. The summed E-state index contributed by atoms with van der Waals surface area (Å²) >= 11 is 0. The molecule has 0 bridgehead atoms. The van der Waals surface area contributed by atoms with Gasteiger partial charge in [0.25, 0.3) is 0 Å². The second-order valence-electron chi connectivity index (χ2n) is 6.21. The van der Waals surface area contributed by atoms with Gasteiger partial charge in [0.05, 0.1) is 0 Å². The third-order valence-electron chi connectivity index (χ3n) is 4.73. The molecule has 1 aliphatic carbocycles. The van der Waals surface area contributed by atoms with E-state index in [1.54, 1.807) is 0 Å². The van der Waals surface area contributed by atoms with Crippen molar-refractivity contribution in [1.82, 2.24) is 0 Å². The summed E-state index contributed by atoms with van der Waals surface area (Å²) in [6.45, 7) is 0. The summed E-state index contributed by atoms with van der Waals surface area (Å²) in [5, 5.41) is 7.28. The van der Waals surface area contributed by atoms with Crippen molar-refractivity contribution in [3.8, 4) is 0 Å². The summed E-state index contributed by atoms with van der Waals surface area (Å²) in [5.74, 6) is 0.211. The van der Waals surface area contributed by atoms with Gasteiger partial charge in [-0.3, -0.25) is 4.79 Å². The van der Waals surface area contributed by atoms with E-state index >= 15 is 0 Å². The number of ketones is 1. The maximum absolute atomic E-state index is 12.1. The van der Waals surface area contributed by atoms with Gasteiger partial charge < -0.3 is 0 Å². The van der Waals surface area contributed by atoms with Crippen molar-refractivity contribution in [3.63, 3.8) is 0 Å². The first-order chi connectivity index (χ1) is 11.3. The molecule has 4 aromatic rings. The Hall–Kier alpha value is -2.93. The fraction of sp³-hybridized carbons (Fsp3) is 0.0455. The molecule has 0 unspecified atom stereocenters. The predicted molar refractivity (Wildman–Crippen MR) is 96.9 cm³/mol. The summed E-state index contributed by atoms with van der Waals surface area (Å²) in [6.07, 6.45) is 4.52. The molecular formula is C22H14O. The van der Waals surface area contributed by atoms with E-state index in [9.17, 15) is 4.79 Å². The topological polar surface area (TPSA) is 17.1 Å². The Morgan fingerprint density at radius 1 is 0.652 bits per heavy atom. The van der Waals surface area contributed by atoms with Crippen LogP contribution < -0.4 is 0 Å². The van der Waals surface area contributed by atoms with E-state index in [2.05, 4.69) is 60.7 Å². The lowest BCUT2D eigenvalue weighted by Crippen LogP contribution is -2.03. The van der Waals surface area contributed by atoms with E-state index < -0.39 is 0 Å². The van der Waals surface area contributed by atoms with Crippen molar-refractivity contribution in [2.45, 2.75) is 6.42 Å². The van der Waals surface area contributed by atoms with Crippen molar-refractivity contribution < 1.29 is 4.79 Å². The van der Waals surface area contributed by atoms with Crippen LogP contribution in [0.5, 0.6) is 0 Å². The summed E-state index contributed by atoms with van der Waals surface area (Å²) in [5.41, 5.74) is 1.88. The second-order valence-corrected chi connectivity index (χ2v) is 6.21. The molecule has 0 saturated heterocycles. The smallest absolute Gasteiger partial charge is 0.167 e. The second kappa shape index (κ2) is 4.53. The van der Waals surface area contributed by atoms with Crippen LogP contribution in [0, 0.1) is 0 Å². The quantitative estimate of drug-likeness (QED) is 0.378. The number of allylic oxidation sites excluding steroid dienone is 1. The summed E-state index contributed by atoms with van der Waals surface area (Å²) in [4.78, 5) is 12.1. The molecule has 1 heteroatoms. The highest BCUT2D eigenvalue weighted by atomic mass is 16.1. The van der Waals surface area contributed by atoms with Crippen LogP contribution in [0.15, 0.2) is 66.7 Å². The molecule has 0 amide bonds. The lowest BCUT2D eigenvalue weighted by molar-refractivity contribution is 0.0994. The molecule has 0 fully saturated rings. The van der Waals surface area contributed by atoms with Crippen LogP contribution in [0.3, 0.4) is 0 Å². The average molecular weight is 294 g/mol. The molecule has 0 aromatic heterocycles. The predicted octanol–water partition coefficient (Wildman–Crippen LogP) is 5.75. The molecule has 5 rings (SSSR count). The fourth-order valence-electron chi connectivity index (χ4n) is 3.54. The van der Waals surface area contributed by atoms with E-state index in [1.807, 2.05) is 12.1 Å². The van der Waals surface area contributed by atoms with Gasteiger partial charge in [-0.25, -0.2) is 0 Å². The number of fused-ring (bicyclic) bond motifs is 4. The number of carbonyl (C=O) groups is 1. The van der Waals surface area contributed by atoms with E-state index in [1.165, 1.54) is 26.9 Å². The van der Waals surface area contributed by atoms with Crippen LogP contribution in [0.2, 0.25) is 0 Å². The Bertz CT molecular complexity index is 1150. The van der Waals surface area contributed by atoms with Gasteiger partial charge in [0.1, 0.15) is 0 Å². The molecule has 0 saturated carbocycles. The Morgan fingerprint density at radius 3 is 1.91 bits per heavy atom. The number of hydrogen-bond acceptors (Lipinski definition) is 1. The molecule has 0 radical (unpaired) electrons. The highest BCUT2D eigenvalue weighted by Gasteiger charge is 2.14. The zero-order valence-electron chi connectivity index (χ0n) is 12.5. The number of hydrogen-bond donors (Lipinski definition) is 0. The Balaban J connectivity index is 1.87. The lowest BCUT2D eigenvalue weighted by Gasteiger charge is -2.12. The van der Waals surface area contributed by atoms with E-state index in [0.29, 0.717) is 6.42 Å². The number of benzene rings is 4. The number of Topliss-reactive ketones (excluding diaryl/α,β-unsaturated/α-hetero) is 1. The zero-order chi connectivity index (χ0) is 15.4. The summed E-state index contributed by atoms with van der Waals surface area (Å²) in [6, 6.07) is 21.5. The van der Waals surface area contributed by atoms with Gasteiger partial charge in [0.15, 0.2) is 5.78 Å². The van der Waals surface area contributed by atoms with Crippen LogP contribution in [0.1, 0.15) is 22.3 Å². The molecule has 0 atom stereocenters. The Morgan fingerprint density at radius 2 is 1.22 bits per heavy atom. The minimum absolute atomic E-state index is 0.211. The van der Waals surface area contributed by atoms with Crippen molar-refractivity contribution in [1.29, 1.82) is 0 Å². The minimum atomic E-state index is 0.211. The van der Waals surface area contributed by atoms with Gasteiger partial charge in [-0.1, -0.05) is 36.4 Å². The molecule has 0 heterocycles. The van der Waals surface area contributed by atoms with E-state index in [0.717, 1.165) is 16.5 Å². The molecule has 23 heavy (non-hydrogen) atoms. The van der Waals surface area contributed by atoms with Gasteiger partial charge >= 0.3 is 0 Å². The van der Waals surface area contributed by atoms with Crippen LogP contribution in [0.25, 0.3) is 38.4 Å². The SMILES string of the molecule is O=C1CC=Cc2cc3cc4cc5ccccc5cc4cc3cc21. The van der Waals surface area contributed by atoms with Gasteiger partial charge in [0, 0.05) is 12.0 Å². The van der Waals surface area contributed by atoms with Crippen LogP contribution in [0.4, 0.5) is 0 Å². The summed E-state index contributed by atoms with van der Waals surface area (Å²) in [7, 11) is 0. The normalized spacial score (nSPS) is 13.8. The highest BCUT2D eigenvalue weighted by molar-refractivity contribution is 6.09. The first-order valence-electron chi connectivity index (χ1n) is 7.88. The van der Waals surface area contributed by atoms with Crippen LogP contribution in [-0.4, -0.2) is 5.78 Å². The highest BCUT2D eigenvalue weighted by Crippen LogP contribution is 2.31. The largest absolute Gasteiger partial charge is 0.294 e. The summed E-state index contributed by atoms with van der Waals surface area (Å²) < 4.78 is 0. The number of carbonyl (C=O) groups excluding carboxylic acids is 1. The van der Waals surface area contributed by atoms with Gasteiger partial charge in [-0.2, -0.15) is 0 Å². The minimum Gasteiger partial charge on any atom is -0.294 e. The van der Waals surface area contributed by atoms with Gasteiger partial charge in [0.2, 0.25) is 0 Å². The lowest BCUT2D eigenvalue weighted by atomic mass is 9.91. The molecule has 108 valence electrons. The van der Waals surface area contributed by atoms with E-state index in [4.69, 9.17) is 0 Å². The van der Waals surface area contributed by atoms with Crippen molar-refractivity contribution in [2.75, 3.05) is 0 Å². The van der Waals surface area contributed by atoms with Gasteiger partial charge in [-0.05, 0) is 74.3 Å². The molecule has 0 spiro atoms. The first kappa shape index (κ1) is 12.6. The molecule has 0 N–H and O–H groups in total. The van der Waals surface area contributed by atoms with E-state index in [-0.39, 0.29) is 5.78 Å². The first-order valence-corrected chi connectivity index (χ1v) is 7.88. The van der Waals surface area contributed by atoms with Gasteiger partial charge in [-0.15, -0.1) is 0 Å².